The molecular weight excluding hydrogens is 339 g/mol. The first-order valence-electron chi connectivity index (χ1n) is 7.08. The molecule has 0 aliphatic heterocycles. The Kier molecular flexibility index (Phi) is 4.10. The van der Waals surface area contributed by atoms with Gasteiger partial charge < -0.3 is 18.8 Å². The second kappa shape index (κ2) is 5.80. The van der Waals surface area contributed by atoms with Crippen molar-refractivity contribution in [3.8, 4) is 11.6 Å². The van der Waals surface area contributed by atoms with Crippen molar-refractivity contribution >= 4 is 35.7 Å². The highest BCUT2D eigenvalue weighted by molar-refractivity contribution is 7.59. The second-order valence-corrected chi connectivity index (χ2v) is 7.72. The maximum absolute atomic E-state index is 11.3. The van der Waals surface area contributed by atoms with Crippen LogP contribution in [-0.2, 0) is 11.1 Å². The van der Waals surface area contributed by atoms with E-state index < -0.39 is 7.60 Å². The monoisotopic (exact) mass is 354 g/mol. The second-order valence-electron chi connectivity index (χ2n) is 5.75. The summed E-state index contributed by atoms with van der Waals surface area (Å²) in [4.78, 5) is 22.9. The maximum atomic E-state index is 11.3. The van der Waals surface area contributed by atoms with Gasteiger partial charge in [0.15, 0.2) is 11.6 Å². The summed E-state index contributed by atoms with van der Waals surface area (Å²) in [5.41, 5.74) is 1.24. The van der Waals surface area contributed by atoms with Gasteiger partial charge in [-0.3, -0.25) is 4.57 Å². The number of rotatable bonds is 4. The quantitative estimate of drug-likeness (QED) is 0.701. The van der Waals surface area contributed by atoms with Crippen LogP contribution < -0.4 is 5.50 Å². The summed E-state index contributed by atoms with van der Waals surface area (Å²) in [5.74, 6) is 1.20. The first kappa shape index (κ1) is 16.3. The van der Waals surface area contributed by atoms with Gasteiger partial charge in [-0.1, -0.05) is 25.4 Å². The van der Waals surface area contributed by atoms with E-state index in [2.05, 4.69) is 18.8 Å². The van der Waals surface area contributed by atoms with Crippen LogP contribution >= 0.6 is 19.2 Å². The number of imidazole rings is 1. The molecule has 2 heterocycles. The summed E-state index contributed by atoms with van der Waals surface area (Å²) in [5, 5.41) is 0.577. The fraction of sp³-hybridized carbons (Fsp3) is 0.267. The molecule has 0 bridgehead atoms. The highest BCUT2D eigenvalue weighted by atomic mass is 35.5. The number of halogens is 1. The predicted octanol–water partition coefficient (Wildman–Crippen LogP) is 3.41. The first-order valence-corrected chi connectivity index (χ1v) is 9.07. The van der Waals surface area contributed by atoms with E-state index in [1.54, 1.807) is 12.1 Å². The summed E-state index contributed by atoms with van der Waals surface area (Å²) in [6, 6.07) is 8.22. The molecule has 0 spiro atoms. The largest absolute Gasteiger partial charge is 0.445 e. The van der Waals surface area contributed by atoms with Crippen molar-refractivity contribution in [2.75, 3.05) is 0 Å². The Hall–Kier alpha value is -1.59. The van der Waals surface area contributed by atoms with Crippen LogP contribution in [0.4, 0.5) is 0 Å². The molecule has 0 amide bonds. The zero-order chi connectivity index (χ0) is 16.8. The number of benzene rings is 1. The molecule has 2 N–H and O–H groups in total. The Morgan fingerprint density at radius 1 is 1.30 bits per heavy atom. The fourth-order valence-corrected chi connectivity index (χ4v) is 3.10. The van der Waals surface area contributed by atoms with E-state index >= 15 is 0 Å². The van der Waals surface area contributed by atoms with E-state index in [-0.39, 0.29) is 5.50 Å². The molecule has 3 rings (SSSR count). The van der Waals surface area contributed by atoms with Crippen molar-refractivity contribution < 1.29 is 18.8 Å². The smallest absolute Gasteiger partial charge is 0.391 e. The molecular formula is C15H16ClN2O4P. The van der Waals surface area contributed by atoms with Crippen molar-refractivity contribution in [1.82, 2.24) is 9.55 Å². The number of hydrogen-bond donors (Lipinski definition) is 2. The minimum Gasteiger partial charge on any atom is -0.445 e. The molecule has 122 valence electrons. The Morgan fingerprint density at radius 3 is 2.65 bits per heavy atom. The minimum atomic E-state index is -4.43. The van der Waals surface area contributed by atoms with Crippen LogP contribution in [0.3, 0.4) is 0 Å². The molecule has 0 unspecified atom stereocenters. The van der Waals surface area contributed by atoms with Crippen molar-refractivity contribution in [3.63, 3.8) is 0 Å². The van der Waals surface area contributed by atoms with E-state index in [0.29, 0.717) is 34.6 Å². The Bertz CT molecular complexity index is 909. The van der Waals surface area contributed by atoms with Gasteiger partial charge in [0.05, 0.1) is 11.0 Å². The summed E-state index contributed by atoms with van der Waals surface area (Å²) < 4.78 is 18.6. The number of aromatic nitrogens is 2. The SMILES string of the molecule is CC(C)Cn1c(-c2ccc(P(=O)(O)O)o2)nc2cc(Cl)ccc21. The molecule has 2 aromatic heterocycles. The molecule has 0 fully saturated rings. The standard InChI is InChI=1S/C15H16ClN2O4P/c1-9(2)8-18-12-4-3-10(16)7-11(12)17-15(18)13-5-6-14(22-13)23(19,20)21/h3-7,9H,8H2,1-2H3,(H2,19,20,21). The third-order valence-corrected chi connectivity index (χ3v) is 4.41. The van der Waals surface area contributed by atoms with Gasteiger partial charge in [-0.25, -0.2) is 4.98 Å². The van der Waals surface area contributed by atoms with Crippen LogP contribution in [0, 0.1) is 5.92 Å². The third kappa shape index (κ3) is 3.21. The van der Waals surface area contributed by atoms with Crippen LogP contribution in [0.1, 0.15) is 13.8 Å². The lowest BCUT2D eigenvalue weighted by Gasteiger charge is -2.10. The Labute approximate surface area is 137 Å². The lowest BCUT2D eigenvalue weighted by Crippen LogP contribution is -2.06. The third-order valence-electron chi connectivity index (χ3n) is 3.36. The molecule has 0 atom stereocenters. The highest BCUT2D eigenvalue weighted by Gasteiger charge is 2.24. The van der Waals surface area contributed by atoms with E-state index in [4.69, 9.17) is 16.0 Å². The van der Waals surface area contributed by atoms with Gasteiger partial charge in [-0.2, -0.15) is 0 Å². The number of fused-ring (bicyclic) bond motifs is 1. The predicted molar refractivity (Wildman–Crippen MR) is 89.0 cm³/mol. The molecule has 0 aliphatic carbocycles. The average Bonchev–Trinajstić information content (AvgIpc) is 3.02. The summed E-state index contributed by atoms with van der Waals surface area (Å²) >= 11 is 6.02. The zero-order valence-corrected chi connectivity index (χ0v) is 14.3. The summed E-state index contributed by atoms with van der Waals surface area (Å²) in [6.45, 7) is 4.85. The van der Waals surface area contributed by atoms with Gasteiger partial charge in [0.2, 0.25) is 5.50 Å². The molecule has 0 saturated carbocycles. The van der Waals surface area contributed by atoms with Crippen LogP contribution in [0.15, 0.2) is 34.7 Å². The number of furan rings is 1. The minimum absolute atomic E-state index is 0.316. The Balaban J connectivity index is 2.19. The van der Waals surface area contributed by atoms with E-state index in [1.807, 2.05) is 10.6 Å². The maximum Gasteiger partial charge on any atom is 0.391 e. The molecule has 3 aromatic rings. The van der Waals surface area contributed by atoms with Crippen LogP contribution in [0.2, 0.25) is 5.02 Å². The molecule has 23 heavy (non-hydrogen) atoms. The summed E-state index contributed by atoms with van der Waals surface area (Å²) in [7, 11) is -4.43. The highest BCUT2D eigenvalue weighted by Crippen LogP contribution is 2.36. The van der Waals surface area contributed by atoms with Gasteiger partial charge in [0.25, 0.3) is 0 Å². The zero-order valence-electron chi connectivity index (χ0n) is 12.6. The molecule has 8 heteroatoms. The fourth-order valence-electron chi connectivity index (χ4n) is 2.45. The van der Waals surface area contributed by atoms with Crippen molar-refractivity contribution in [1.29, 1.82) is 0 Å². The molecule has 0 saturated heterocycles. The summed E-state index contributed by atoms with van der Waals surface area (Å²) in [6.07, 6.45) is 0. The molecule has 1 aromatic carbocycles. The molecule has 0 aliphatic rings. The molecule has 6 nitrogen and oxygen atoms in total. The van der Waals surface area contributed by atoms with Gasteiger partial charge >= 0.3 is 7.60 Å². The van der Waals surface area contributed by atoms with Gasteiger partial charge in [-0.05, 0) is 36.2 Å². The van der Waals surface area contributed by atoms with Gasteiger partial charge in [-0.15, -0.1) is 0 Å². The van der Waals surface area contributed by atoms with Crippen molar-refractivity contribution in [2.24, 2.45) is 5.92 Å². The van der Waals surface area contributed by atoms with E-state index in [9.17, 15) is 14.4 Å². The van der Waals surface area contributed by atoms with Crippen molar-refractivity contribution in [3.05, 3.63) is 35.4 Å². The van der Waals surface area contributed by atoms with Gasteiger partial charge in [0.1, 0.15) is 0 Å². The lowest BCUT2D eigenvalue weighted by atomic mass is 10.2. The normalized spacial score (nSPS) is 12.4. The van der Waals surface area contributed by atoms with Gasteiger partial charge in [0, 0.05) is 11.6 Å². The average molecular weight is 355 g/mol. The number of nitrogens with zero attached hydrogens (tertiary/aromatic N) is 2. The Morgan fingerprint density at radius 2 is 2.04 bits per heavy atom. The lowest BCUT2D eigenvalue weighted by molar-refractivity contribution is 0.377. The van der Waals surface area contributed by atoms with Crippen LogP contribution in [0.25, 0.3) is 22.6 Å². The number of hydrogen-bond acceptors (Lipinski definition) is 3. The molecule has 0 radical (unpaired) electrons. The van der Waals surface area contributed by atoms with Crippen molar-refractivity contribution in [2.45, 2.75) is 20.4 Å². The van der Waals surface area contributed by atoms with Crippen LogP contribution in [0.5, 0.6) is 0 Å². The van der Waals surface area contributed by atoms with Crippen LogP contribution in [-0.4, -0.2) is 19.3 Å². The topological polar surface area (TPSA) is 88.5 Å². The van der Waals surface area contributed by atoms with E-state index in [0.717, 1.165) is 5.52 Å². The first-order chi connectivity index (χ1) is 10.8. The van der Waals surface area contributed by atoms with E-state index in [1.165, 1.54) is 12.1 Å².